The van der Waals surface area contributed by atoms with E-state index in [1.54, 1.807) is 24.3 Å². The lowest BCUT2D eigenvalue weighted by Crippen LogP contribution is -2.64. The van der Waals surface area contributed by atoms with Gasteiger partial charge in [-0.25, -0.2) is 0 Å². The SMILES string of the molecule is Nc1ccc([S+]([O-])N2CCC3(CCN(C4CN(C(=O)C(F)(F)F)C4)CC3)CC2)cc1. The largest absolute Gasteiger partial charge is 0.593 e. The molecule has 3 saturated heterocycles. The first kappa shape index (κ1) is 21.7. The zero-order chi connectivity index (χ0) is 21.5. The van der Waals surface area contributed by atoms with Crippen molar-refractivity contribution in [3.8, 4) is 0 Å². The summed E-state index contributed by atoms with van der Waals surface area (Å²) in [6.45, 7) is 3.57. The van der Waals surface area contributed by atoms with Crippen LogP contribution in [-0.4, -0.2) is 76.1 Å². The predicted octanol–water partition coefficient (Wildman–Crippen LogP) is 2.24. The van der Waals surface area contributed by atoms with E-state index in [1.807, 2.05) is 4.31 Å². The number of nitrogen functional groups attached to an aromatic ring is 1. The topological polar surface area (TPSA) is 75.9 Å². The molecule has 3 aliphatic rings. The van der Waals surface area contributed by atoms with E-state index in [-0.39, 0.29) is 24.5 Å². The molecule has 1 aromatic rings. The van der Waals surface area contributed by atoms with Crippen molar-refractivity contribution in [2.45, 2.75) is 42.8 Å². The number of benzene rings is 1. The highest BCUT2D eigenvalue weighted by Crippen LogP contribution is 2.43. The van der Waals surface area contributed by atoms with Crippen molar-refractivity contribution in [1.82, 2.24) is 14.1 Å². The van der Waals surface area contributed by atoms with Crippen LogP contribution in [-0.2, 0) is 16.2 Å². The molecule has 0 bridgehead atoms. The van der Waals surface area contributed by atoms with Gasteiger partial charge >= 0.3 is 12.1 Å². The maximum atomic E-state index is 12.8. The number of amides is 1. The number of hydrogen-bond donors (Lipinski definition) is 1. The minimum absolute atomic E-state index is 0.0340. The molecule has 0 radical (unpaired) electrons. The highest BCUT2D eigenvalue weighted by atomic mass is 32.2. The molecule has 0 aliphatic carbocycles. The van der Waals surface area contributed by atoms with Crippen LogP contribution in [0.5, 0.6) is 0 Å². The Labute approximate surface area is 177 Å². The van der Waals surface area contributed by atoms with Gasteiger partial charge in [-0.1, -0.05) is 0 Å². The fraction of sp³-hybridized carbons (Fsp3) is 0.650. The Morgan fingerprint density at radius 2 is 1.57 bits per heavy atom. The third-order valence-electron chi connectivity index (χ3n) is 6.87. The Balaban J connectivity index is 1.23. The molecule has 1 atom stereocenters. The number of halogens is 3. The summed E-state index contributed by atoms with van der Waals surface area (Å²) in [6.07, 6.45) is -0.828. The second kappa shape index (κ2) is 8.22. The number of alkyl halides is 3. The first-order valence-corrected chi connectivity index (χ1v) is 11.4. The van der Waals surface area contributed by atoms with Crippen LogP contribution in [0.25, 0.3) is 0 Å². The fourth-order valence-electron chi connectivity index (χ4n) is 4.75. The van der Waals surface area contributed by atoms with Crippen molar-refractivity contribution < 1.29 is 22.5 Å². The quantitative estimate of drug-likeness (QED) is 0.572. The lowest BCUT2D eigenvalue weighted by atomic mass is 9.71. The minimum atomic E-state index is -4.78. The lowest BCUT2D eigenvalue weighted by molar-refractivity contribution is -0.192. The molecule has 1 spiro atoms. The van der Waals surface area contributed by atoms with Crippen LogP contribution < -0.4 is 5.73 Å². The number of nitrogens with zero attached hydrogens (tertiary/aromatic N) is 3. The van der Waals surface area contributed by atoms with Gasteiger partial charge in [-0.05, 0) is 68.5 Å². The zero-order valence-corrected chi connectivity index (χ0v) is 17.6. The predicted molar refractivity (Wildman–Crippen MR) is 108 cm³/mol. The molecular weight excluding hydrogens is 417 g/mol. The summed E-state index contributed by atoms with van der Waals surface area (Å²) < 4.78 is 52.3. The number of rotatable bonds is 3. The van der Waals surface area contributed by atoms with Crippen LogP contribution in [0.3, 0.4) is 0 Å². The summed E-state index contributed by atoms with van der Waals surface area (Å²) >= 11 is -1.18. The molecule has 166 valence electrons. The maximum absolute atomic E-state index is 12.8. The normalized spacial score (nSPS) is 24.6. The van der Waals surface area contributed by atoms with Crippen molar-refractivity contribution in [2.75, 3.05) is 45.0 Å². The summed E-state index contributed by atoms with van der Waals surface area (Å²) in [6, 6.07) is 7.17. The van der Waals surface area contributed by atoms with Gasteiger partial charge in [-0.15, -0.1) is 4.31 Å². The van der Waals surface area contributed by atoms with E-state index in [2.05, 4.69) is 4.90 Å². The molecule has 1 amide bonds. The molecule has 2 N–H and O–H groups in total. The standard InChI is InChI=1S/C20H27F3N4O2S/c21-20(22,23)18(28)26-13-16(14-26)25-9-5-19(6-10-25)7-11-27(12-8-19)30(29)17-3-1-15(24)2-4-17/h1-4,16H,5-14,24H2. The minimum Gasteiger partial charge on any atom is -0.593 e. The van der Waals surface area contributed by atoms with Gasteiger partial charge in [-0.2, -0.15) is 13.2 Å². The average Bonchev–Trinajstić information content (AvgIpc) is 2.68. The van der Waals surface area contributed by atoms with Crippen molar-refractivity contribution in [3.05, 3.63) is 24.3 Å². The first-order valence-electron chi connectivity index (χ1n) is 10.3. The third kappa shape index (κ3) is 4.42. The second-order valence-electron chi connectivity index (χ2n) is 8.64. The Morgan fingerprint density at radius 3 is 2.10 bits per heavy atom. The van der Waals surface area contributed by atoms with E-state index in [0.717, 1.165) is 61.7 Å². The zero-order valence-electron chi connectivity index (χ0n) is 16.7. The third-order valence-corrected chi connectivity index (χ3v) is 8.38. The first-order chi connectivity index (χ1) is 14.2. The highest BCUT2D eigenvalue weighted by Gasteiger charge is 2.49. The number of anilines is 1. The molecule has 6 nitrogen and oxygen atoms in total. The van der Waals surface area contributed by atoms with Crippen LogP contribution >= 0.6 is 0 Å². The van der Waals surface area contributed by atoms with E-state index in [0.29, 0.717) is 5.69 Å². The molecular formula is C20H27F3N4O2S. The van der Waals surface area contributed by atoms with E-state index < -0.39 is 23.4 Å². The van der Waals surface area contributed by atoms with Crippen molar-refractivity contribution in [2.24, 2.45) is 5.41 Å². The number of carbonyl (C=O) groups excluding carboxylic acids is 1. The highest BCUT2D eigenvalue weighted by molar-refractivity contribution is 7.89. The summed E-state index contributed by atoms with van der Waals surface area (Å²) in [5.41, 5.74) is 6.58. The van der Waals surface area contributed by atoms with Gasteiger partial charge in [0.15, 0.2) is 4.90 Å². The number of likely N-dealkylation sites (tertiary alicyclic amines) is 2. The van der Waals surface area contributed by atoms with Gasteiger partial charge in [-0.3, -0.25) is 9.69 Å². The van der Waals surface area contributed by atoms with E-state index in [1.165, 1.54) is 0 Å². The van der Waals surface area contributed by atoms with Crippen molar-refractivity contribution in [3.63, 3.8) is 0 Å². The Bertz CT molecular complexity index is 752. The second-order valence-corrected chi connectivity index (χ2v) is 10.1. The molecule has 1 unspecified atom stereocenters. The van der Waals surface area contributed by atoms with E-state index in [4.69, 9.17) is 5.73 Å². The molecule has 0 saturated carbocycles. The summed E-state index contributed by atoms with van der Waals surface area (Å²) in [7, 11) is 0. The summed E-state index contributed by atoms with van der Waals surface area (Å²) in [5, 5.41) is 0. The smallest absolute Gasteiger partial charge is 0.471 e. The van der Waals surface area contributed by atoms with Gasteiger partial charge in [0.1, 0.15) is 0 Å². The van der Waals surface area contributed by atoms with Gasteiger partial charge in [0.2, 0.25) is 0 Å². The molecule has 4 rings (SSSR count). The van der Waals surface area contributed by atoms with Gasteiger partial charge in [0, 0.05) is 37.9 Å². The Morgan fingerprint density at radius 1 is 1.03 bits per heavy atom. The lowest BCUT2D eigenvalue weighted by Gasteiger charge is -2.51. The number of nitrogens with two attached hydrogens (primary N) is 1. The van der Waals surface area contributed by atoms with Crippen molar-refractivity contribution in [1.29, 1.82) is 0 Å². The van der Waals surface area contributed by atoms with Crippen LogP contribution in [0.15, 0.2) is 29.2 Å². The van der Waals surface area contributed by atoms with Crippen LogP contribution in [0.1, 0.15) is 25.7 Å². The van der Waals surface area contributed by atoms with E-state index >= 15 is 0 Å². The number of carbonyl (C=O) groups is 1. The number of hydrogen-bond acceptors (Lipinski definition) is 5. The van der Waals surface area contributed by atoms with Gasteiger partial charge in [0.25, 0.3) is 0 Å². The van der Waals surface area contributed by atoms with Crippen LogP contribution in [0, 0.1) is 5.41 Å². The molecule has 3 heterocycles. The number of piperidine rings is 2. The molecule has 3 fully saturated rings. The van der Waals surface area contributed by atoms with Gasteiger partial charge < -0.3 is 15.2 Å². The Kier molecular flexibility index (Phi) is 5.95. The Hall–Kier alpha value is -1.49. The molecule has 30 heavy (non-hydrogen) atoms. The van der Waals surface area contributed by atoms with Crippen molar-refractivity contribution >= 4 is 23.0 Å². The maximum Gasteiger partial charge on any atom is 0.471 e. The molecule has 1 aromatic carbocycles. The van der Waals surface area contributed by atoms with Crippen LogP contribution in [0.4, 0.5) is 18.9 Å². The molecule has 0 aromatic heterocycles. The molecule has 3 aliphatic heterocycles. The van der Waals surface area contributed by atoms with Crippen LogP contribution in [0.2, 0.25) is 0 Å². The van der Waals surface area contributed by atoms with Gasteiger partial charge in [0.05, 0.1) is 11.4 Å². The molecule has 10 heteroatoms. The van der Waals surface area contributed by atoms with E-state index in [9.17, 15) is 22.5 Å². The monoisotopic (exact) mass is 444 g/mol. The summed E-state index contributed by atoms with van der Waals surface area (Å²) in [4.78, 5) is 15.1. The summed E-state index contributed by atoms with van der Waals surface area (Å²) in [5.74, 6) is -1.73. The average molecular weight is 445 g/mol. The fourth-order valence-corrected chi connectivity index (χ4v) is 5.94.